The van der Waals surface area contributed by atoms with E-state index in [0.717, 1.165) is 44.3 Å². The molecule has 1 aromatic rings. The Balaban J connectivity index is 0.00000576. The number of hydrogen-bond acceptors (Lipinski definition) is 3. The van der Waals surface area contributed by atoms with Gasteiger partial charge in [0, 0.05) is 26.8 Å². The normalized spacial score (nSPS) is 11.2. The second-order valence-corrected chi connectivity index (χ2v) is 5.90. The predicted molar refractivity (Wildman–Crippen MR) is 117 cm³/mol. The molecule has 0 saturated carbocycles. The molecule has 5 nitrogen and oxygen atoms in total. The van der Waals surface area contributed by atoms with Gasteiger partial charge in [-0.15, -0.1) is 24.0 Å². The first kappa shape index (κ1) is 24.0. The average molecular weight is 463 g/mol. The van der Waals surface area contributed by atoms with Crippen LogP contribution in [-0.2, 0) is 4.74 Å². The SMILES string of the molecule is CCOCCCCNC(=NC)NCCOc1ccc(C(C)C)cc1.I. The smallest absolute Gasteiger partial charge is 0.191 e. The van der Waals surface area contributed by atoms with Crippen molar-refractivity contribution >= 4 is 29.9 Å². The molecule has 0 saturated heterocycles. The molecule has 1 aromatic carbocycles. The summed E-state index contributed by atoms with van der Waals surface area (Å²) >= 11 is 0. The van der Waals surface area contributed by atoms with Crippen molar-refractivity contribution in [3.63, 3.8) is 0 Å². The van der Waals surface area contributed by atoms with Gasteiger partial charge in [-0.2, -0.15) is 0 Å². The third-order valence-electron chi connectivity index (χ3n) is 3.65. The van der Waals surface area contributed by atoms with Gasteiger partial charge in [0.2, 0.25) is 0 Å². The van der Waals surface area contributed by atoms with Gasteiger partial charge in [0.05, 0.1) is 6.54 Å². The molecule has 0 aliphatic carbocycles. The summed E-state index contributed by atoms with van der Waals surface area (Å²) < 4.78 is 11.1. The summed E-state index contributed by atoms with van der Waals surface area (Å²) in [6.45, 7) is 10.2. The standard InChI is InChI=1S/C19H33N3O2.HI/c1-5-23-14-7-6-12-21-19(20-4)22-13-15-24-18-10-8-17(9-11-18)16(2)3;/h8-11,16H,5-7,12-15H2,1-4H3,(H2,20,21,22);1H. The van der Waals surface area contributed by atoms with Crippen LogP contribution in [0.3, 0.4) is 0 Å². The van der Waals surface area contributed by atoms with Crippen molar-refractivity contribution in [1.82, 2.24) is 10.6 Å². The summed E-state index contributed by atoms with van der Waals surface area (Å²) in [5.41, 5.74) is 1.33. The van der Waals surface area contributed by atoms with Crippen molar-refractivity contribution in [2.24, 2.45) is 4.99 Å². The molecule has 0 atom stereocenters. The molecule has 1 rings (SSSR count). The molecule has 25 heavy (non-hydrogen) atoms. The molecule has 0 spiro atoms. The maximum atomic E-state index is 5.74. The minimum Gasteiger partial charge on any atom is -0.492 e. The molecular formula is C19H34IN3O2. The Kier molecular flexibility index (Phi) is 14.6. The Labute approximate surface area is 170 Å². The van der Waals surface area contributed by atoms with Crippen LogP contribution in [0.4, 0.5) is 0 Å². The van der Waals surface area contributed by atoms with E-state index >= 15 is 0 Å². The van der Waals surface area contributed by atoms with Crippen LogP contribution in [-0.4, -0.2) is 45.9 Å². The molecule has 2 N–H and O–H groups in total. The van der Waals surface area contributed by atoms with Crippen LogP contribution >= 0.6 is 24.0 Å². The van der Waals surface area contributed by atoms with Gasteiger partial charge in [-0.1, -0.05) is 26.0 Å². The summed E-state index contributed by atoms with van der Waals surface area (Å²) in [5, 5.41) is 6.55. The van der Waals surface area contributed by atoms with Crippen molar-refractivity contribution in [2.45, 2.75) is 39.5 Å². The lowest BCUT2D eigenvalue weighted by atomic mass is 10.0. The fraction of sp³-hybridized carbons (Fsp3) is 0.632. The molecule has 144 valence electrons. The molecule has 0 heterocycles. The van der Waals surface area contributed by atoms with Gasteiger partial charge >= 0.3 is 0 Å². The van der Waals surface area contributed by atoms with Gasteiger partial charge in [-0.3, -0.25) is 4.99 Å². The van der Waals surface area contributed by atoms with Crippen LogP contribution in [0.5, 0.6) is 5.75 Å². The van der Waals surface area contributed by atoms with E-state index in [1.165, 1.54) is 5.56 Å². The van der Waals surface area contributed by atoms with E-state index in [0.29, 0.717) is 19.1 Å². The van der Waals surface area contributed by atoms with E-state index < -0.39 is 0 Å². The molecular weight excluding hydrogens is 429 g/mol. The monoisotopic (exact) mass is 463 g/mol. The van der Waals surface area contributed by atoms with Crippen LogP contribution in [0.1, 0.15) is 45.1 Å². The Bertz CT molecular complexity index is 464. The van der Waals surface area contributed by atoms with Gasteiger partial charge in [-0.25, -0.2) is 0 Å². The number of rotatable bonds is 11. The van der Waals surface area contributed by atoms with E-state index in [4.69, 9.17) is 9.47 Å². The van der Waals surface area contributed by atoms with Crippen molar-refractivity contribution < 1.29 is 9.47 Å². The van der Waals surface area contributed by atoms with Crippen molar-refractivity contribution in [2.75, 3.05) is 40.0 Å². The molecule has 0 fully saturated rings. The number of ether oxygens (including phenoxy) is 2. The third kappa shape index (κ3) is 11.3. The minimum atomic E-state index is 0. The lowest BCUT2D eigenvalue weighted by Crippen LogP contribution is -2.39. The topological polar surface area (TPSA) is 54.9 Å². The molecule has 0 aromatic heterocycles. The summed E-state index contributed by atoms with van der Waals surface area (Å²) in [5.74, 6) is 2.26. The Morgan fingerprint density at radius 1 is 1.04 bits per heavy atom. The molecule has 0 amide bonds. The fourth-order valence-corrected chi connectivity index (χ4v) is 2.19. The van der Waals surface area contributed by atoms with E-state index in [2.05, 4.69) is 41.6 Å². The lowest BCUT2D eigenvalue weighted by Gasteiger charge is -2.13. The number of aliphatic imine (C=N–C) groups is 1. The van der Waals surface area contributed by atoms with E-state index in [1.54, 1.807) is 7.05 Å². The van der Waals surface area contributed by atoms with Gasteiger partial charge in [-0.05, 0) is 43.4 Å². The Morgan fingerprint density at radius 3 is 2.32 bits per heavy atom. The molecule has 0 radical (unpaired) electrons. The number of benzene rings is 1. The van der Waals surface area contributed by atoms with Crippen LogP contribution in [0.25, 0.3) is 0 Å². The predicted octanol–water partition coefficient (Wildman–Crippen LogP) is 3.79. The number of unbranched alkanes of at least 4 members (excludes halogenated alkanes) is 1. The zero-order valence-electron chi connectivity index (χ0n) is 16.0. The highest BCUT2D eigenvalue weighted by Gasteiger charge is 2.00. The number of guanidine groups is 1. The molecule has 6 heteroatoms. The van der Waals surface area contributed by atoms with Gasteiger partial charge in [0.1, 0.15) is 12.4 Å². The number of nitrogens with zero attached hydrogens (tertiary/aromatic N) is 1. The van der Waals surface area contributed by atoms with Crippen molar-refractivity contribution in [3.05, 3.63) is 29.8 Å². The highest BCUT2D eigenvalue weighted by atomic mass is 127. The quantitative estimate of drug-likeness (QED) is 0.227. The number of hydrogen-bond donors (Lipinski definition) is 2. The second-order valence-electron chi connectivity index (χ2n) is 5.90. The maximum absolute atomic E-state index is 5.74. The van der Waals surface area contributed by atoms with Crippen molar-refractivity contribution in [1.29, 1.82) is 0 Å². The van der Waals surface area contributed by atoms with E-state index in [9.17, 15) is 0 Å². The highest BCUT2D eigenvalue weighted by Crippen LogP contribution is 2.18. The van der Waals surface area contributed by atoms with E-state index in [-0.39, 0.29) is 24.0 Å². The Hall–Kier alpha value is -1.02. The van der Waals surface area contributed by atoms with Crippen LogP contribution in [0.15, 0.2) is 29.3 Å². The van der Waals surface area contributed by atoms with E-state index in [1.807, 2.05) is 19.1 Å². The minimum absolute atomic E-state index is 0. The highest BCUT2D eigenvalue weighted by molar-refractivity contribution is 14.0. The molecule has 0 bridgehead atoms. The lowest BCUT2D eigenvalue weighted by molar-refractivity contribution is 0.143. The third-order valence-corrected chi connectivity index (χ3v) is 3.65. The van der Waals surface area contributed by atoms with Crippen LogP contribution in [0, 0.1) is 0 Å². The molecule has 0 aliphatic rings. The largest absolute Gasteiger partial charge is 0.492 e. The maximum Gasteiger partial charge on any atom is 0.191 e. The summed E-state index contributed by atoms with van der Waals surface area (Å²) in [6.07, 6.45) is 2.13. The Morgan fingerprint density at radius 2 is 1.72 bits per heavy atom. The average Bonchev–Trinajstić information content (AvgIpc) is 2.60. The zero-order chi connectivity index (χ0) is 17.6. The van der Waals surface area contributed by atoms with Crippen LogP contribution < -0.4 is 15.4 Å². The summed E-state index contributed by atoms with van der Waals surface area (Å²) in [6, 6.07) is 8.30. The molecule has 0 unspecified atom stereocenters. The fourth-order valence-electron chi connectivity index (χ4n) is 2.19. The zero-order valence-corrected chi connectivity index (χ0v) is 18.3. The van der Waals surface area contributed by atoms with Gasteiger partial charge < -0.3 is 20.1 Å². The van der Waals surface area contributed by atoms with Crippen molar-refractivity contribution in [3.8, 4) is 5.75 Å². The second kappa shape index (κ2) is 15.3. The number of nitrogens with one attached hydrogen (secondary N) is 2. The first-order valence-electron chi connectivity index (χ1n) is 8.92. The molecule has 0 aliphatic heterocycles. The first-order chi connectivity index (χ1) is 11.7. The first-order valence-corrected chi connectivity index (χ1v) is 8.92. The summed E-state index contributed by atoms with van der Waals surface area (Å²) in [7, 11) is 1.78. The van der Waals surface area contributed by atoms with Gasteiger partial charge in [0.15, 0.2) is 5.96 Å². The number of halogens is 1. The van der Waals surface area contributed by atoms with Crippen LogP contribution in [0.2, 0.25) is 0 Å². The summed E-state index contributed by atoms with van der Waals surface area (Å²) in [4.78, 5) is 4.21. The van der Waals surface area contributed by atoms with Gasteiger partial charge in [0.25, 0.3) is 0 Å².